The molecule has 0 aliphatic carbocycles. The molecule has 2 aromatic carbocycles. The Morgan fingerprint density at radius 3 is 2.18 bits per heavy atom. The predicted molar refractivity (Wildman–Crippen MR) is 142 cm³/mol. The Labute approximate surface area is 205 Å². The van der Waals surface area contributed by atoms with Crippen molar-refractivity contribution in [2.75, 3.05) is 24.6 Å². The molecule has 6 nitrogen and oxygen atoms in total. The van der Waals surface area contributed by atoms with Crippen LogP contribution in [-0.2, 0) is 14.8 Å². The number of nitriles is 1. The number of ether oxygens (including phenoxy) is 1. The number of rotatable bonds is 10. The molecule has 2 aromatic rings. The lowest BCUT2D eigenvalue weighted by Gasteiger charge is -2.28. The molecule has 1 N–H and O–H groups in total. The molecular formula is C27H39N3O3S. The van der Waals surface area contributed by atoms with Crippen molar-refractivity contribution < 1.29 is 13.2 Å². The molecule has 0 aromatic heterocycles. The maximum Gasteiger partial charge on any atom is 0.251 e. The highest BCUT2D eigenvalue weighted by Crippen LogP contribution is 2.28. The van der Waals surface area contributed by atoms with Crippen LogP contribution < -0.4 is 9.62 Å². The number of hydrogen-bond acceptors (Lipinski definition) is 5. The van der Waals surface area contributed by atoms with Gasteiger partial charge >= 0.3 is 0 Å². The van der Waals surface area contributed by atoms with Crippen molar-refractivity contribution >= 4 is 32.1 Å². The van der Waals surface area contributed by atoms with E-state index in [4.69, 9.17) is 4.74 Å². The van der Waals surface area contributed by atoms with Crippen LogP contribution >= 0.6 is 0 Å². The van der Waals surface area contributed by atoms with Gasteiger partial charge in [0.1, 0.15) is 6.07 Å². The van der Waals surface area contributed by atoms with Crippen molar-refractivity contribution in [1.29, 1.82) is 5.26 Å². The number of allylic oxidation sites excluding steroid dienone is 2. The van der Waals surface area contributed by atoms with E-state index < -0.39 is 15.6 Å². The molecule has 0 atom stereocenters. The smallest absolute Gasteiger partial charge is 0.251 e. The van der Waals surface area contributed by atoms with Crippen molar-refractivity contribution in [2.24, 2.45) is 0 Å². The van der Waals surface area contributed by atoms with Gasteiger partial charge in [-0.15, -0.1) is 0 Å². The summed E-state index contributed by atoms with van der Waals surface area (Å²) in [5.74, 6) is 0. The molecule has 34 heavy (non-hydrogen) atoms. The van der Waals surface area contributed by atoms with Gasteiger partial charge < -0.3 is 9.64 Å². The summed E-state index contributed by atoms with van der Waals surface area (Å²) in [6.45, 7) is 17.7. The topological polar surface area (TPSA) is 82.4 Å². The second-order valence-corrected chi connectivity index (χ2v) is 11.8. The van der Waals surface area contributed by atoms with Crippen LogP contribution in [0.4, 0.5) is 5.69 Å². The first-order chi connectivity index (χ1) is 15.7. The molecule has 0 heterocycles. The zero-order chi connectivity index (χ0) is 25.7. The summed E-state index contributed by atoms with van der Waals surface area (Å²) in [4.78, 5) is 2.01. The molecule has 0 bridgehead atoms. The molecule has 0 saturated carbocycles. The number of benzene rings is 2. The number of hydrogen-bond donors (Lipinski definition) is 1. The zero-order valence-corrected chi connectivity index (χ0v) is 22.6. The van der Waals surface area contributed by atoms with E-state index in [0.717, 1.165) is 29.5 Å². The Morgan fingerprint density at radius 1 is 1.03 bits per heavy atom. The molecule has 0 aliphatic rings. The molecular weight excluding hydrogens is 446 g/mol. The summed E-state index contributed by atoms with van der Waals surface area (Å²) in [6, 6.07) is 14.0. The summed E-state index contributed by atoms with van der Waals surface area (Å²) in [6.07, 6.45) is 0.478. The van der Waals surface area contributed by atoms with Gasteiger partial charge in [-0.1, -0.05) is 18.2 Å². The molecule has 0 spiro atoms. The lowest BCUT2D eigenvalue weighted by atomic mass is 10.0. The number of nitrogens with zero attached hydrogens (tertiary/aromatic N) is 2. The van der Waals surface area contributed by atoms with Crippen LogP contribution in [0.3, 0.4) is 0 Å². The zero-order valence-electron chi connectivity index (χ0n) is 21.8. The first-order valence-electron chi connectivity index (χ1n) is 11.8. The van der Waals surface area contributed by atoms with Crippen molar-refractivity contribution in [3.05, 3.63) is 46.9 Å². The van der Waals surface area contributed by atoms with Crippen LogP contribution in [0.15, 0.2) is 41.3 Å². The Kier molecular flexibility index (Phi) is 8.92. The van der Waals surface area contributed by atoms with E-state index in [1.165, 1.54) is 0 Å². The number of sulfonamides is 1. The standard InChI is InChI=1S/C27H39N3O3S/c1-9-30(10-2)24-14-13-22-17-21(11-12-23(22)18-24)20(3)25(19-28)34(31,32)29-27(7,8)15-16-33-26(4,5)6/h11-14,17-18,29H,9-10,15-16H2,1-8H3. The maximum absolute atomic E-state index is 13.2. The minimum absolute atomic E-state index is 0.267. The van der Waals surface area contributed by atoms with Crippen molar-refractivity contribution in [3.63, 3.8) is 0 Å². The Bertz CT molecular complexity index is 1180. The van der Waals surface area contributed by atoms with E-state index in [0.29, 0.717) is 24.2 Å². The highest BCUT2D eigenvalue weighted by atomic mass is 32.2. The van der Waals surface area contributed by atoms with Crippen LogP contribution in [0.5, 0.6) is 0 Å². The van der Waals surface area contributed by atoms with Crippen LogP contribution in [0.1, 0.15) is 67.4 Å². The van der Waals surface area contributed by atoms with Crippen LogP contribution in [0, 0.1) is 11.3 Å². The van der Waals surface area contributed by atoms with E-state index >= 15 is 0 Å². The summed E-state index contributed by atoms with van der Waals surface area (Å²) in [5, 5.41) is 11.8. The first kappa shape index (κ1) is 27.8. The van der Waals surface area contributed by atoms with E-state index in [9.17, 15) is 13.7 Å². The third-order valence-electron chi connectivity index (χ3n) is 5.77. The molecule has 0 fully saturated rings. The van der Waals surface area contributed by atoms with Crippen molar-refractivity contribution in [2.45, 2.75) is 73.0 Å². The highest BCUT2D eigenvalue weighted by Gasteiger charge is 2.30. The minimum Gasteiger partial charge on any atom is -0.376 e. The van der Waals surface area contributed by atoms with Gasteiger partial charge in [0.15, 0.2) is 4.91 Å². The monoisotopic (exact) mass is 485 g/mol. The van der Waals surface area contributed by atoms with Crippen LogP contribution in [0.25, 0.3) is 16.3 Å². The van der Waals surface area contributed by atoms with Gasteiger partial charge in [-0.25, -0.2) is 13.1 Å². The predicted octanol–water partition coefficient (Wildman–Crippen LogP) is 5.84. The third kappa shape index (κ3) is 7.30. The molecule has 7 heteroatoms. The van der Waals surface area contributed by atoms with E-state index in [1.54, 1.807) is 20.8 Å². The fourth-order valence-corrected chi connectivity index (χ4v) is 5.38. The SMILES string of the molecule is CCN(CC)c1ccc2cc(C(C)=C(C#N)S(=O)(=O)NC(C)(C)CCOC(C)(C)C)ccc2c1. The maximum atomic E-state index is 13.2. The summed E-state index contributed by atoms with van der Waals surface area (Å²) < 4.78 is 34.8. The quantitative estimate of drug-likeness (QED) is 0.427. The Balaban J connectivity index is 2.34. The average Bonchev–Trinajstić information content (AvgIpc) is 2.72. The second kappa shape index (κ2) is 10.9. The molecule has 2 rings (SSSR count). The van der Waals surface area contributed by atoms with E-state index in [-0.39, 0.29) is 10.5 Å². The normalized spacial score (nSPS) is 13.5. The molecule has 0 amide bonds. The van der Waals surface area contributed by atoms with E-state index in [1.807, 2.05) is 51.1 Å². The van der Waals surface area contributed by atoms with Crippen molar-refractivity contribution in [1.82, 2.24) is 4.72 Å². The number of anilines is 1. The molecule has 0 aliphatic heterocycles. The van der Waals surface area contributed by atoms with Crippen LogP contribution in [-0.4, -0.2) is 39.3 Å². The third-order valence-corrected chi connectivity index (χ3v) is 7.53. The van der Waals surface area contributed by atoms with Gasteiger partial charge in [0, 0.05) is 30.9 Å². The fourth-order valence-electron chi connectivity index (χ4n) is 3.81. The number of fused-ring (bicyclic) bond motifs is 1. The van der Waals surface area contributed by atoms with Gasteiger partial charge in [-0.3, -0.25) is 0 Å². The van der Waals surface area contributed by atoms with Crippen molar-refractivity contribution in [3.8, 4) is 6.07 Å². The van der Waals surface area contributed by atoms with E-state index in [2.05, 4.69) is 35.6 Å². The van der Waals surface area contributed by atoms with Gasteiger partial charge in [0.25, 0.3) is 10.0 Å². The summed E-state index contributed by atoms with van der Waals surface area (Å²) in [5.41, 5.74) is 1.22. The second-order valence-electron chi connectivity index (χ2n) is 10.2. The molecule has 0 radical (unpaired) electrons. The summed E-state index contributed by atoms with van der Waals surface area (Å²) in [7, 11) is -4.02. The number of nitrogens with one attached hydrogen (secondary N) is 1. The Hall–Kier alpha value is -2.40. The van der Waals surface area contributed by atoms with Gasteiger partial charge in [-0.2, -0.15) is 5.26 Å². The van der Waals surface area contributed by atoms with Gasteiger partial charge in [0.05, 0.1) is 5.60 Å². The average molecular weight is 486 g/mol. The lowest BCUT2D eigenvalue weighted by Crippen LogP contribution is -2.45. The Morgan fingerprint density at radius 2 is 1.62 bits per heavy atom. The van der Waals surface area contributed by atoms with Gasteiger partial charge in [0.2, 0.25) is 0 Å². The lowest BCUT2D eigenvalue weighted by molar-refractivity contribution is -0.0102. The molecule has 0 saturated heterocycles. The molecule has 186 valence electrons. The first-order valence-corrected chi connectivity index (χ1v) is 13.3. The molecule has 0 unspecified atom stereocenters. The fraction of sp³-hybridized carbons (Fsp3) is 0.519. The summed E-state index contributed by atoms with van der Waals surface area (Å²) >= 11 is 0. The minimum atomic E-state index is -4.02. The van der Waals surface area contributed by atoms with Crippen LogP contribution in [0.2, 0.25) is 0 Å². The van der Waals surface area contributed by atoms with Gasteiger partial charge in [-0.05, 0) is 102 Å². The largest absolute Gasteiger partial charge is 0.376 e. The highest BCUT2D eigenvalue weighted by molar-refractivity contribution is 7.94.